The van der Waals surface area contributed by atoms with Crippen LogP contribution in [-0.4, -0.2) is 227 Å². The number of carboxylic acid groups (broad SMARTS) is 1. The van der Waals surface area contributed by atoms with Crippen LogP contribution in [0.25, 0.3) is 21.8 Å². The lowest BCUT2D eigenvalue weighted by atomic mass is 10.0. The number of amides is 12. The van der Waals surface area contributed by atoms with E-state index in [-0.39, 0.29) is 50.1 Å². The molecule has 0 radical (unpaired) electrons. The Kier molecular flexibility index (Phi) is 30.1. The molecular weight excluding hydrogens is 1360 g/mol. The van der Waals surface area contributed by atoms with Crippen molar-refractivity contribution in [1.29, 1.82) is 5.41 Å². The highest BCUT2D eigenvalue weighted by Gasteiger charge is 2.38. The second-order valence-electron chi connectivity index (χ2n) is 24.6. The second-order valence-corrected chi connectivity index (χ2v) is 24.6. The first-order valence-corrected chi connectivity index (χ1v) is 32.8. The molecule has 0 saturated heterocycles. The lowest BCUT2D eigenvalue weighted by molar-refractivity contribution is -0.142. The number of phenols is 1. The summed E-state index contributed by atoms with van der Waals surface area (Å²) in [6.07, 6.45) is 1.65. The van der Waals surface area contributed by atoms with Crippen molar-refractivity contribution in [3.8, 4) is 5.75 Å². The highest BCUT2D eigenvalue weighted by molar-refractivity contribution is 6.01. The number of aliphatic hydroxyl groups excluding tert-OH is 3. The number of guanidine groups is 1. The van der Waals surface area contributed by atoms with Crippen molar-refractivity contribution < 1.29 is 87.9 Å². The van der Waals surface area contributed by atoms with E-state index in [0.717, 1.165) is 13.8 Å². The van der Waals surface area contributed by atoms with Gasteiger partial charge in [-0.05, 0) is 81.5 Å². The number of aromatic amines is 3. The number of hydrogen-bond acceptors (Lipinski definition) is 20. The van der Waals surface area contributed by atoms with Crippen LogP contribution < -0.4 is 81.0 Å². The number of carbonyl (C=O) groups excluding carboxylic acids is 12. The highest BCUT2D eigenvalue weighted by atomic mass is 16.4. The summed E-state index contributed by atoms with van der Waals surface area (Å²) < 4.78 is 0. The summed E-state index contributed by atoms with van der Waals surface area (Å²) >= 11 is 0. The smallest absolute Gasteiger partial charge is 0.326 e. The number of nitrogens with two attached hydrogens (primary N) is 3. The van der Waals surface area contributed by atoms with E-state index in [1.807, 2.05) is 0 Å². The number of carbonyl (C=O) groups is 13. The third-order valence-corrected chi connectivity index (χ3v) is 16.3. The Labute approximate surface area is 593 Å². The molecule has 38 nitrogen and oxygen atoms in total. The van der Waals surface area contributed by atoms with Crippen molar-refractivity contribution in [1.82, 2.24) is 83.7 Å². The summed E-state index contributed by atoms with van der Waals surface area (Å²) in [5.41, 5.74) is 19.3. The van der Waals surface area contributed by atoms with Crippen LogP contribution in [0.2, 0.25) is 0 Å². The number of aromatic nitrogens is 4. The SMILES string of the molecule is C[C@H](N)C(=O)N[C@@H](C)C(=O)N[C@@H](CO)C(=O)N[C@@H](C)C(=O)N[C@H](C(=O)N[C@@H](Cc1c[nH]c2ccccc12)C(=O)N[C@@H](CO)C(=O)N[C@@H](CC(N)=O)C(=O)N[C@@H](Cc1ccc(O)cc1)C(=O)N[C@@H](Cc1c[nH]c2ccccc12)C(=O)N[C@@H](CCCNC(=N)N)C(=O)N[C@@H](Cc1c[nH]cn1)C(=O)O)[C@@H](C)O. The van der Waals surface area contributed by atoms with Crippen molar-refractivity contribution >= 4 is 105 Å². The molecule has 0 aliphatic carbocycles. The van der Waals surface area contributed by atoms with Crippen LogP contribution in [0.5, 0.6) is 5.75 Å². The van der Waals surface area contributed by atoms with Crippen LogP contribution in [0, 0.1) is 5.41 Å². The first kappa shape index (κ1) is 80.9. The minimum absolute atomic E-state index is 0.0326. The lowest BCUT2D eigenvalue weighted by Crippen LogP contribution is -2.62. The van der Waals surface area contributed by atoms with E-state index in [0.29, 0.717) is 38.5 Å². The fourth-order valence-corrected chi connectivity index (χ4v) is 10.6. The van der Waals surface area contributed by atoms with E-state index in [9.17, 15) is 87.9 Å². The number of aromatic hydroxyl groups is 1. The number of rotatable bonds is 40. The Hall–Kier alpha value is -12.0. The first-order chi connectivity index (χ1) is 49.3. The van der Waals surface area contributed by atoms with Gasteiger partial charge in [0.25, 0.3) is 0 Å². The number of hydrogen-bond donors (Lipinski definition) is 24. The van der Waals surface area contributed by atoms with Crippen molar-refractivity contribution in [3.05, 3.63) is 120 Å². The van der Waals surface area contributed by atoms with Crippen LogP contribution in [-0.2, 0) is 88.0 Å². The van der Waals surface area contributed by atoms with Gasteiger partial charge in [-0.3, -0.25) is 62.9 Å². The topological polar surface area (TPSA) is 630 Å². The molecule has 0 spiro atoms. The van der Waals surface area contributed by atoms with E-state index in [4.69, 9.17) is 22.6 Å². The Morgan fingerprint density at radius 2 is 0.933 bits per heavy atom. The molecule has 0 unspecified atom stereocenters. The van der Waals surface area contributed by atoms with E-state index < -0.39 is 187 Å². The number of imidazole rings is 1. The fraction of sp³-hybridized carbons (Fsp3) is 0.409. The zero-order chi connectivity index (χ0) is 76.5. The first-order valence-electron chi connectivity index (χ1n) is 32.8. The molecule has 3 heterocycles. The minimum Gasteiger partial charge on any atom is -0.508 e. The van der Waals surface area contributed by atoms with Gasteiger partial charge in [0.2, 0.25) is 70.9 Å². The zero-order valence-corrected chi connectivity index (χ0v) is 57.0. The second kappa shape index (κ2) is 38.7. The lowest BCUT2D eigenvalue weighted by Gasteiger charge is -2.28. The molecule has 560 valence electrons. The molecule has 0 aliphatic heterocycles. The van der Waals surface area contributed by atoms with Gasteiger partial charge >= 0.3 is 5.97 Å². The monoisotopic (exact) mass is 1450 g/mol. The normalized spacial score (nSPS) is 14.9. The zero-order valence-electron chi connectivity index (χ0n) is 57.0. The summed E-state index contributed by atoms with van der Waals surface area (Å²) in [6.45, 7) is 2.76. The molecule has 0 bridgehead atoms. The number of benzene rings is 3. The van der Waals surface area contributed by atoms with Gasteiger partial charge in [-0.2, -0.15) is 0 Å². The van der Waals surface area contributed by atoms with Gasteiger partial charge < -0.3 is 121 Å². The Morgan fingerprint density at radius 3 is 1.42 bits per heavy atom. The molecule has 6 aromatic rings. The predicted octanol–water partition coefficient (Wildman–Crippen LogP) is -6.34. The quantitative estimate of drug-likeness (QED) is 0.00966. The molecule has 0 saturated carbocycles. The van der Waals surface area contributed by atoms with Crippen LogP contribution in [0.4, 0.5) is 0 Å². The highest BCUT2D eigenvalue weighted by Crippen LogP contribution is 2.22. The number of nitrogens with zero attached hydrogens (tertiary/aromatic N) is 1. The third-order valence-electron chi connectivity index (χ3n) is 16.3. The van der Waals surface area contributed by atoms with E-state index in [1.165, 1.54) is 56.8 Å². The number of para-hydroxylation sites is 2. The Bertz CT molecular complexity index is 4030. The molecule has 0 fully saturated rings. The molecule has 6 rings (SSSR count). The number of aliphatic carboxylic acids is 1. The number of nitrogens with one attached hydrogen (secondary N) is 16. The number of primary amides is 1. The summed E-state index contributed by atoms with van der Waals surface area (Å²) in [5, 5.41) is 89.5. The van der Waals surface area contributed by atoms with Crippen molar-refractivity contribution in [2.24, 2.45) is 17.2 Å². The summed E-state index contributed by atoms with van der Waals surface area (Å²) in [7, 11) is 0. The molecule has 3 aromatic carbocycles. The van der Waals surface area contributed by atoms with Gasteiger partial charge in [0.1, 0.15) is 72.2 Å². The summed E-state index contributed by atoms with van der Waals surface area (Å²) in [5.74, 6) is -15.0. The van der Waals surface area contributed by atoms with E-state index in [2.05, 4.69) is 83.7 Å². The van der Waals surface area contributed by atoms with Crippen molar-refractivity contribution in [3.63, 3.8) is 0 Å². The fourth-order valence-electron chi connectivity index (χ4n) is 10.6. The van der Waals surface area contributed by atoms with Gasteiger partial charge in [-0.1, -0.05) is 48.5 Å². The maximum Gasteiger partial charge on any atom is 0.326 e. The molecule has 38 heteroatoms. The molecule has 104 heavy (non-hydrogen) atoms. The maximum absolute atomic E-state index is 15.0. The number of phenolic OH excluding ortho intramolecular Hbond substituents is 1. The average molecular weight is 1450 g/mol. The Balaban J connectivity index is 1.24. The van der Waals surface area contributed by atoms with Gasteiger partial charge in [-0.15, -0.1) is 0 Å². The van der Waals surface area contributed by atoms with Crippen LogP contribution in [0.1, 0.15) is 69.3 Å². The van der Waals surface area contributed by atoms with Crippen molar-refractivity contribution in [2.75, 3.05) is 19.8 Å². The number of carboxylic acids is 1. The molecule has 0 aliphatic rings. The van der Waals surface area contributed by atoms with Gasteiger partial charge in [0, 0.05) is 72.6 Å². The largest absolute Gasteiger partial charge is 0.508 e. The van der Waals surface area contributed by atoms with E-state index >= 15 is 0 Å². The molecule has 12 amide bonds. The molecule has 13 atom stereocenters. The molecule has 27 N–H and O–H groups in total. The van der Waals surface area contributed by atoms with Crippen LogP contribution in [0.3, 0.4) is 0 Å². The number of aliphatic hydroxyl groups is 3. The molecular formula is C66H88N20O18. The third kappa shape index (κ3) is 24.1. The predicted molar refractivity (Wildman–Crippen MR) is 371 cm³/mol. The van der Waals surface area contributed by atoms with Crippen molar-refractivity contribution in [2.45, 2.75) is 151 Å². The molecule has 3 aromatic heterocycles. The van der Waals surface area contributed by atoms with Crippen LogP contribution >= 0.6 is 0 Å². The number of fused-ring (bicyclic) bond motifs is 2. The minimum atomic E-state index is -2.02. The Morgan fingerprint density at radius 1 is 0.500 bits per heavy atom. The summed E-state index contributed by atoms with van der Waals surface area (Å²) in [6, 6.07) is -0.415. The van der Waals surface area contributed by atoms with Gasteiger partial charge in [-0.25, -0.2) is 9.78 Å². The van der Waals surface area contributed by atoms with Gasteiger partial charge in [0.05, 0.1) is 43.8 Å². The van der Waals surface area contributed by atoms with Crippen LogP contribution in [0.15, 0.2) is 97.7 Å². The maximum atomic E-state index is 15.0. The average Bonchev–Trinajstić information content (AvgIpc) is 1.65. The number of H-pyrrole nitrogens is 3. The van der Waals surface area contributed by atoms with E-state index in [1.54, 1.807) is 54.7 Å². The summed E-state index contributed by atoms with van der Waals surface area (Å²) in [4.78, 5) is 191. The van der Waals surface area contributed by atoms with Gasteiger partial charge in [0.15, 0.2) is 5.96 Å². The standard InChI is InChI=1S/C66H88N20O18/c1-31(67)54(92)76-32(2)55(93)84-50(28-87)62(100)77-33(3)56(94)86-53(34(4)89)64(102)82-47(22-37-26-74-43-13-8-6-11-41(37)43)60(98)85-51(29-88)63(101)81-48(24-52(68)91)61(99)79-45(20-35-15-17-39(90)18-16-35)58(96)80-46(21-36-25-73-42-12-7-5-10-40(36)42)59(97)78-44(14-9-19-72-66(69)70)57(95)83-49(65(103)104)23-38-27-71-30-75-38/h5-8,10-13,15-18,25-27,30-34,44-51,53,73-74,87-90H,9,14,19-24,28-29,67H2,1-4H3,(H2,68,91)(H,71,75)(H,76,92)(H,77,100)(H,78,97)(H,79,99)(H,80,96)(H,81,101)(H,82,102)(H,83,95)(H,84,93)(H,85,98)(H,86,94)(H,103,104)(H4,69,70,72)/t31-,32-,33-,34+,44-,45-,46-,47-,48-,49-,50-,51-,53-/m0/s1.